The summed E-state index contributed by atoms with van der Waals surface area (Å²) in [6, 6.07) is 12.7. The van der Waals surface area contributed by atoms with Gasteiger partial charge < -0.3 is 19.4 Å². The van der Waals surface area contributed by atoms with E-state index in [0.717, 1.165) is 6.42 Å². The molecule has 1 N–H and O–H groups in total. The Morgan fingerprint density at radius 2 is 2.00 bits per heavy atom. The number of furan rings is 1. The first kappa shape index (κ1) is 15.9. The second kappa shape index (κ2) is 6.72. The van der Waals surface area contributed by atoms with Crippen LogP contribution in [-0.4, -0.2) is 42.0 Å². The van der Waals surface area contributed by atoms with Crippen molar-refractivity contribution in [1.29, 1.82) is 0 Å². The molecule has 0 aliphatic carbocycles. The maximum absolute atomic E-state index is 12.8. The summed E-state index contributed by atoms with van der Waals surface area (Å²) in [6.45, 7) is 1.30. The Kier molecular flexibility index (Phi) is 4.28. The second-order valence-corrected chi connectivity index (χ2v) is 6.42. The molecule has 1 aromatic carbocycles. The van der Waals surface area contributed by atoms with Crippen molar-refractivity contribution < 1.29 is 18.7 Å². The van der Waals surface area contributed by atoms with Crippen LogP contribution in [0.15, 0.2) is 53.1 Å². The SMILES string of the molecule is O=C(NCc1ccco1)[C@@H]1CN(C(=O)c2ccccc2)[C@@H]2CCO[C@H]21. The van der Waals surface area contributed by atoms with Crippen molar-refractivity contribution >= 4 is 11.8 Å². The second-order valence-electron chi connectivity index (χ2n) is 6.42. The van der Waals surface area contributed by atoms with E-state index < -0.39 is 0 Å². The number of nitrogens with zero attached hydrogens (tertiary/aromatic N) is 1. The minimum absolute atomic E-state index is 0.0351. The number of carbonyl (C=O) groups excluding carboxylic acids is 2. The van der Waals surface area contributed by atoms with Gasteiger partial charge in [-0.1, -0.05) is 18.2 Å². The van der Waals surface area contributed by atoms with E-state index in [-0.39, 0.29) is 29.9 Å². The minimum Gasteiger partial charge on any atom is -0.467 e. The molecule has 0 unspecified atom stereocenters. The lowest BCUT2D eigenvalue weighted by molar-refractivity contribution is -0.127. The molecule has 2 aromatic rings. The highest BCUT2D eigenvalue weighted by molar-refractivity contribution is 5.95. The first-order chi connectivity index (χ1) is 12.2. The average molecular weight is 340 g/mol. The molecule has 2 aliphatic heterocycles. The highest BCUT2D eigenvalue weighted by Crippen LogP contribution is 2.34. The van der Waals surface area contributed by atoms with E-state index in [4.69, 9.17) is 9.15 Å². The predicted octanol–water partition coefficient (Wildman–Crippen LogP) is 1.83. The van der Waals surface area contributed by atoms with Gasteiger partial charge in [0.2, 0.25) is 5.91 Å². The first-order valence-corrected chi connectivity index (χ1v) is 8.52. The summed E-state index contributed by atoms with van der Waals surface area (Å²) in [5.41, 5.74) is 0.643. The fourth-order valence-corrected chi connectivity index (χ4v) is 3.70. The molecule has 25 heavy (non-hydrogen) atoms. The number of hydrogen-bond donors (Lipinski definition) is 1. The lowest BCUT2D eigenvalue weighted by Gasteiger charge is -2.22. The molecular weight excluding hydrogens is 320 g/mol. The van der Waals surface area contributed by atoms with Crippen LogP contribution in [0.4, 0.5) is 0 Å². The minimum atomic E-state index is -0.352. The van der Waals surface area contributed by atoms with Crippen molar-refractivity contribution in [3.63, 3.8) is 0 Å². The van der Waals surface area contributed by atoms with Crippen molar-refractivity contribution in [2.75, 3.05) is 13.2 Å². The van der Waals surface area contributed by atoms with Crippen LogP contribution < -0.4 is 5.32 Å². The van der Waals surface area contributed by atoms with E-state index in [9.17, 15) is 9.59 Å². The molecule has 6 heteroatoms. The van der Waals surface area contributed by atoms with Crippen LogP contribution in [0.2, 0.25) is 0 Å². The van der Waals surface area contributed by atoms with Gasteiger partial charge in [-0.2, -0.15) is 0 Å². The van der Waals surface area contributed by atoms with Gasteiger partial charge in [-0.25, -0.2) is 0 Å². The number of fused-ring (bicyclic) bond motifs is 1. The summed E-state index contributed by atoms with van der Waals surface area (Å²) in [6.07, 6.45) is 2.11. The van der Waals surface area contributed by atoms with Gasteiger partial charge in [0.1, 0.15) is 5.76 Å². The van der Waals surface area contributed by atoms with E-state index in [1.54, 1.807) is 29.4 Å². The smallest absolute Gasteiger partial charge is 0.254 e. The number of rotatable bonds is 4. The third-order valence-electron chi connectivity index (χ3n) is 4.93. The van der Waals surface area contributed by atoms with Gasteiger partial charge in [0.25, 0.3) is 5.91 Å². The zero-order valence-corrected chi connectivity index (χ0v) is 13.8. The molecule has 6 nitrogen and oxygen atoms in total. The largest absolute Gasteiger partial charge is 0.467 e. The van der Waals surface area contributed by atoms with Gasteiger partial charge in [0, 0.05) is 18.7 Å². The maximum Gasteiger partial charge on any atom is 0.254 e. The summed E-state index contributed by atoms with van der Waals surface area (Å²) < 4.78 is 11.0. The van der Waals surface area contributed by atoms with E-state index >= 15 is 0 Å². The predicted molar refractivity (Wildman–Crippen MR) is 89.7 cm³/mol. The molecule has 0 saturated carbocycles. The van der Waals surface area contributed by atoms with Crippen LogP contribution in [0.25, 0.3) is 0 Å². The molecule has 0 spiro atoms. The molecule has 2 amide bonds. The third-order valence-corrected chi connectivity index (χ3v) is 4.93. The zero-order valence-electron chi connectivity index (χ0n) is 13.8. The summed E-state index contributed by atoms with van der Waals surface area (Å²) in [5.74, 6) is 0.210. The number of hydrogen-bond acceptors (Lipinski definition) is 4. The number of amides is 2. The zero-order chi connectivity index (χ0) is 17.2. The van der Waals surface area contributed by atoms with Gasteiger partial charge in [0.05, 0.1) is 30.9 Å². The molecule has 1 aromatic heterocycles. The van der Waals surface area contributed by atoms with E-state index in [2.05, 4.69) is 5.32 Å². The molecule has 2 aliphatic rings. The summed E-state index contributed by atoms with van der Waals surface area (Å²) >= 11 is 0. The van der Waals surface area contributed by atoms with Gasteiger partial charge in [-0.15, -0.1) is 0 Å². The van der Waals surface area contributed by atoms with E-state index in [0.29, 0.717) is 31.0 Å². The molecule has 4 rings (SSSR count). The molecular formula is C19H20N2O4. The number of nitrogens with one attached hydrogen (secondary N) is 1. The van der Waals surface area contributed by atoms with Crippen LogP contribution in [0.3, 0.4) is 0 Å². The maximum atomic E-state index is 12.8. The molecule has 0 radical (unpaired) electrons. The van der Waals surface area contributed by atoms with Gasteiger partial charge >= 0.3 is 0 Å². The Morgan fingerprint density at radius 1 is 1.16 bits per heavy atom. The Bertz CT molecular complexity index is 744. The van der Waals surface area contributed by atoms with Crippen LogP contribution >= 0.6 is 0 Å². The van der Waals surface area contributed by atoms with Crippen LogP contribution in [-0.2, 0) is 16.1 Å². The molecule has 2 fully saturated rings. The average Bonchev–Trinajstić information content (AvgIpc) is 3.37. The molecule has 2 saturated heterocycles. The standard InChI is InChI=1S/C19H20N2O4/c22-18(20-11-14-7-4-9-24-14)15-12-21(16-8-10-25-17(15)16)19(23)13-5-2-1-3-6-13/h1-7,9,15-17H,8,10-12H2,(H,20,22)/t15-,16-,17+/m1/s1. The van der Waals surface area contributed by atoms with Gasteiger partial charge in [-0.3, -0.25) is 9.59 Å². The van der Waals surface area contributed by atoms with Crippen molar-refractivity contribution in [2.45, 2.75) is 25.1 Å². The Hall–Kier alpha value is -2.60. The van der Waals surface area contributed by atoms with Crippen LogP contribution in [0, 0.1) is 5.92 Å². The number of benzene rings is 1. The molecule has 130 valence electrons. The molecule has 3 atom stereocenters. The van der Waals surface area contributed by atoms with Gasteiger partial charge in [0.15, 0.2) is 0 Å². The summed E-state index contributed by atoms with van der Waals surface area (Å²) in [4.78, 5) is 27.2. The Morgan fingerprint density at radius 3 is 2.76 bits per heavy atom. The summed E-state index contributed by atoms with van der Waals surface area (Å²) in [5, 5.41) is 2.89. The van der Waals surface area contributed by atoms with Crippen molar-refractivity contribution in [2.24, 2.45) is 5.92 Å². The lowest BCUT2D eigenvalue weighted by atomic mass is 10.0. The first-order valence-electron chi connectivity index (χ1n) is 8.52. The normalized spacial score (nSPS) is 25.0. The van der Waals surface area contributed by atoms with E-state index in [1.807, 2.05) is 24.3 Å². The van der Waals surface area contributed by atoms with Crippen molar-refractivity contribution in [1.82, 2.24) is 10.2 Å². The van der Waals surface area contributed by atoms with Crippen LogP contribution in [0.1, 0.15) is 22.5 Å². The molecule has 3 heterocycles. The fourth-order valence-electron chi connectivity index (χ4n) is 3.70. The topological polar surface area (TPSA) is 71.8 Å². The Balaban J connectivity index is 1.47. The molecule has 0 bridgehead atoms. The van der Waals surface area contributed by atoms with Crippen LogP contribution in [0.5, 0.6) is 0 Å². The highest BCUT2D eigenvalue weighted by atomic mass is 16.5. The number of likely N-dealkylation sites (tertiary alicyclic amines) is 1. The lowest BCUT2D eigenvalue weighted by Crippen LogP contribution is -2.37. The number of carbonyl (C=O) groups is 2. The Labute approximate surface area is 145 Å². The fraction of sp³-hybridized carbons (Fsp3) is 0.368. The van der Waals surface area contributed by atoms with Gasteiger partial charge in [-0.05, 0) is 30.7 Å². The highest BCUT2D eigenvalue weighted by Gasteiger charge is 2.50. The quantitative estimate of drug-likeness (QED) is 0.922. The third kappa shape index (κ3) is 3.05. The van der Waals surface area contributed by atoms with Crippen molar-refractivity contribution in [3.05, 3.63) is 60.1 Å². The summed E-state index contributed by atoms with van der Waals surface area (Å²) in [7, 11) is 0. The number of ether oxygens (including phenoxy) is 1. The van der Waals surface area contributed by atoms with Crippen molar-refractivity contribution in [3.8, 4) is 0 Å². The van der Waals surface area contributed by atoms with E-state index in [1.165, 1.54) is 0 Å². The monoisotopic (exact) mass is 340 g/mol.